The van der Waals surface area contributed by atoms with Crippen LogP contribution < -0.4 is 5.43 Å². The molecule has 0 saturated carbocycles. The van der Waals surface area contributed by atoms with Gasteiger partial charge in [0.1, 0.15) is 0 Å². The van der Waals surface area contributed by atoms with Crippen LogP contribution in [0.2, 0.25) is 0 Å². The van der Waals surface area contributed by atoms with E-state index in [1.165, 1.54) is 0 Å². The van der Waals surface area contributed by atoms with Gasteiger partial charge in [-0.1, -0.05) is 36.4 Å². The summed E-state index contributed by atoms with van der Waals surface area (Å²) in [4.78, 5) is 4.45. The molecule has 0 radical (unpaired) electrons. The SMILES string of the molecule is C/C=C/C=NNc1nc(-c2ccccc2)cs1. The van der Waals surface area contributed by atoms with E-state index in [0.29, 0.717) is 0 Å². The molecule has 3 nitrogen and oxygen atoms in total. The first kappa shape index (κ1) is 11.5. The van der Waals surface area contributed by atoms with Crippen molar-refractivity contribution in [2.45, 2.75) is 6.92 Å². The van der Waals surface area contributed by atoms with Crippen molar-refractivity contribution in [1.82, 2.24) is 4.98 Å². The van der Waals surface area contributed by atoms with E-state index in [9.17, 15) is 0 Å². The van der Waals surface area contributed by atoms with Crippen molar-refractivity contribution >= 4 is 22.7 Å². The van der Waals surface area contributed by atoms with Crippen LogP contribution in [0.15, 0.2) is 53.0 Å². The molecule has 1 aromatic carbocycles. The quantitative estimate of drug-likeness (QED) is 0.655. The first-order valence-corrected chi connectivity index (χ1v) is 6.19. The molecule has 0 atom stereocenters. The van der Waals surface area contributed by atoms with E-state index in [4.69, 9.17) is 0 Å². The van der Waals surface area contributed by atoms with E-state index in [0.717, 1.165) is 16.4 Å². The Kier molecular flexibility index (Phi) is 4.05. The molecule has 86 valence electrons. The number of hydrazone groups is 1. The summed E-state index contributed by atoms with van der Waals surface area (Å²) >= 11 is 1.54. The molecular formula is C13H13N3S. The summed E-state index contributed by atoms with van der Waals surface area (Å²) < 4.78 is 0. The zero-order chi connectivity index (χ0) is 11.9. The molecule has 0 aliphatic heterocycles. The maximum atomic E-state index is 4.45. The van der Waals surface area contributed by atoms with Crippen LogP contribution in [0.1, 0.15) is 6.92 Å². The average molecular weight is 243 g/mol. The molecule has 0 fully saturated rings. The molecule has 4 heteroatoms. The Hall–Kier alpha value is -1.94. The van der Waals surface area contributed by atoms with E-state index in [-0.39, 0.29) is 0 Å². The zero-order valence-electron chi connectivity index (χ0n) is 9.50. The molecule has 0 aliphatic carbocycles. The van der Waals surface area contributed by atoms with Gasteiger partial charge in [-0.05, 0) is 13.0 Å². The fraction of sp³-hybridized carbons (Fsp3) is 0.0769. The predicted octanol–water partition coefficient (Wildman–Crippen LogP) is 3.78. The number of benzene rings is 1. The number of allylic oxidation sites excluding steroid dienone is 2. The Morgan fingerprint density at radius 3 is 2.88 bits per heavy atom. The average Bonchev–Trinajstić information content (AvgIpc) is 2.85. The van der Waals surface area contributed by atoms with Crippen LogP contribution in [0.25, 0.3) is 11.3 Å². The monoisotopic (exact) mass is 243 g/mol. The highest BCUT2D eigenvalue weighted by atomic mass is 32.1. The number of nitrogens with zero attached hydrogens (tertiary/aromatic N) is 2. The van der Waals surface area contributed by atoms with Gasteiger partial charge < -0.3 is 0 Å². The van der Waals surface area contributed by atoms with Crippen molar-refractivity contribution in [2.75, 3.05) is 5.43 Å². The predicted molar refractivity (Wildman–Crippen MR) is 74.5 cm³/mol. The van der Waals surface area contributed by atoms with Crippen LogP contribution in [0, 0.1) is 0 Å². The van der Waals surface area contributed by atoms with Crippen LogP contribution in [0.4, 0.5) is 5.13 Å². The van der Waals surface area contributed by atoms with Crippen LogP contribution >= 0.6 is 11.3 Å². The number of anilines is 1. The van der Waals surface area contributed by atoms with Crippen molar-refractivity contribution in [2.24, 2.45) is 5.10 Å². The fourth-order valence-corrected chi connectivity index (χ4v) is 1.96. The maximum absolute atomic E-state index is 4.45. The first-order chi connectivity index (χ1) is 8.40. The van der Waals surface area contributed by atoms with Crippen molar-refractivity contribution in [3.8, 4) is 11.3 Å². The van der Waals surface area contributed by atoms with Gasteiger partial charge in [0, 0.05) is 17.2 Å². The summed E-state index contributed by atoms with van der Waals surface area (Å²) in [5, 5.41) is 6.84. The van der Waals surface area contributed by atoms with Crippen LogP contribution in [0.3, 0.4) is 0 Å². The lowest BCUT2D eigenvalue weighted by atomic mass is 10.2. The highest BCUT2D eigenvalue weighted by Crippen LogP contribution is 2.24. The number of hydrogen-bond donors (Lipinski definition) is 1. The van der Waals surface area contributed by atoms with Gasteiger partial charge in [0.05, 0.1) is 5.69 Å². The smallest absolute Gasteiger partial charge is 0.203 e. The van der Waals surface area contributed by atoms with E-state index >= 15 is 0 Å². The Balaban J connectivity index is 2.06. The Morgan fingerprint density at radius 2 is 2.12 bits per heavy atom. The molecule has 2 aromatic rings. The number of aromatic nitrogens is 1. The second-order valence-corrected chi connectivity index (χ2v) is 4.18. The van der Waals surface area contributed by atoms with Crippen LogP contribution in [-0.4, -0.2) is 11.2 Å². The number of thiazole rings is 1. The lowest BCUT2D eigenvalue weighted by Gasteiger charge is -1.94. The molecule has 1 heterocycles. The van der Waals surface area contributed by atoms with Gasteiger partial charge in [-0.3, -0.25) is 5.43 Å². The largest absolute Gasteiger partial charge is 0.253 e. The highest BCUT2D eigenvalue weighted by Gasteiger charge is 2.02. The van der Waals surface area contributed by atoms with Crippen molar-refractivity contribution in [3.63, 3.8) is 0 Å². The van der Waals surface area contributed by atoms with Crippen LogP contribution in [-0.2, 0) is 0 Å². The topological polar surface area (TPSA) is 37.3 Å². The zero-order valence-corrected chi connectivity index (χ0v) is 10.3. The molecule has 2 rings (SSSR count). The summed E-state index contributed by atoms with van der Waals surface area (Å²) in [6, 6.07) is 10.1. The van der Waals surface area contributed by atoms with E-state index in [1.807, 2.05) is 54.8 Å². The third-order valence-corrected chi connectivity index (χ3v) is 2.83. The summed E-state index contributed by atoms with van der Waals surface area (Å²) in [6.07, 6.45) is 5.48. The molecule has 0 aliphatic rings. The second kappa shape index (κ2) is 5.96. The summed E-state index contributed by atoms with van der Waals surface area (Å²) in [5.41, 5.74) is 4.99. The molecular weight excluding hydrogens is 230 g/mol. The van der Waals surface area contributed by atoms with Crippen molar-refractivity contribution in [1.29, 1.82) is 0 Å². The number of rotatable bonds is 4. The van der Waals surface area contributed by atoms with Crippen molar-refractivity contribution < 1.29 is 0 Å². The van der Waals surface area contributed by atoms with Gasteiger partial charge >= 0.3 is 0 Å². The minimum Gasteiger partial charge on any atom is -0.253 e. The van der Waals surface area contributed by atoms with Gasteiger partial charge in [-0.25, -0.2) is 4.98 Å². The fourth-order valence-electron chi connectivity index (χ4n) is 1.29. The van der Waals surface area contributed by atoms with E-state index in [2.05, 4.69) is 15.5 Å². The summed E-state index contributed by atoms with van der Waals surface area (Å²) in [7, 11) is 0. The Bertz CT molecular complexity index is 514. The second-order valence-electron chi connectivity index (χ2n) is 3.32. The van der Waals surface area contributed by atoms with Gasteiger partial charge in [0.2, 0.25) is 5.13 Å². The molecule has 0 amide bonds. The summed E-state index contributed by atoms with van der Waals surface area (Å²) in [6.45, 7) is 1.95. The van der Waals surface area contributed by atoms with Crippen molar-refractivity contribution in [3.05, 3.63) is 47.9 Å². The standard InChI is InChI=1S/C13H13N3S/c1-2-3-9-14-16-13-15-12(10-17-13)11-7-5-4-6-8-11/h2-10H,1H3,(H,15,16)/b3-2+,14-9?. The molecule has 1 N–H and O–H groups in total. The van der Waals surface area contributed by atoms with Crippen LogP contribution in [0.5, 0.6) is 0 Å². The minimum atomic E-state index is 0.796. The molecule has 0 unspecified atom stereocenters. The number of hydrogen-bond acceptors (Lipinski definition) is 4. The van der Waals surface area contributed by atoms with Gasteiger partial charge in [0.25, 0.3) is 0 Å². The molecule has 17 heavy (non-hydrogen) atoms. The Labute approximate surface area is 105 Å². The molecule has 0 saturated heterocycles. The van der Waals surface area contributed by atoms with E-state index < -0.39 is 0 Å². The third-order valence-electron chi connectivity index (χ3n) is 2.09. The maximum Gasteiger partial charge on any atom is 0.203 e. The minimum absolute atomic E-state index is 0.796. The lowest BCUT2D eigenvalue weighted by Crippen LogP contribution is -1.87. The van der Waals surface area contributed by atoms with E-state index in [1.54, 1.807) is 17.6 Å². The number of nitrogens with one attached hydrogen (secondary N) is 1. The highest BCUT2D eigenvalue weighted by molar-refractivity contribution is 7.14. The lowest BCUT2D eigenvalue weighted by molar-refractivity contribution is 1.29. The van der Waals surface area contributed by atoms with Gasteiger partial charge in [-0.15, -0.1) is 11.3 Å². The third kappa shape index (κ3) is 3.26. The summed E-state index contributed by atoms with van der Waals surface area (Å²) in [5.74, 6) is 0. The molecule has 0 bridgehead atoms. The van der Waals surface area contributed by atoms with Gasteiger partial charge in [-0.2, -0.15) is 5.10 Å². The first-order valence-electron chi connectivity index (χ1n) is 5.31. The Morgan fingerprint density at radius 1 is 1.29 bits per heavy atom. The van der Waals surface area contributed by atoms with Gasteiger partial charge in [0.15, 0.2) is 0 Å². The normalized spacial score (nSPS) is 11.4. The molecule has 0 spiro atoms. The molecule has 1 aromatic heterocycles.